The van der Waals surface area contributed by atoms with Crippen molar-refractivity contribution in [3.05, 3.63) is 32.6 Å². The molecule has 0 fully saturated rings. The molecule has 0 unspecified atom stereocenters. The minimum Gasteiger partial charge on any atom is -0.382 e. The van der Waals surface area contributed by atoms with Gasteiger partial charge in [0.2, 0.25) is 5.95 Å². The molecule has 2 aromatic rings. The van der Waals surface area contributed by atoms with Gasteiger partial charge in [0, 0.05) is 9.13 Å². The summed E-state index contributed by atoms with van der Waals surface area (Å²) in [6, 6.07) is 4.94. The van der Waals surface area contributed by atoms with Gasteiger partial charge >= 0.3 is 0 Å². The molecule has 2 rings (SSSR count). The summed E-state index contributed by atoms with van der Waals surface area (Å²) in [4.78, 5) is 7.70. The SMILES string of the molecule is Cc1c(F)cc(-c2nc(N)nc(N)c2C#N)cc1I. The van der Waals surface area contributed by atoms with Crippen molar-refractivity contribution >= 4 is 34.4 Å². The van der Waals surface area contributed by atoms with E-state index in [1.807, 2.05) is 28.7 Å². The van der Waals surface area contributed by atoms with E-state index >= 15 is 0 Å². The Bertz CT molecular complexity index is 685. The predicted molar refractivity (Wildman–Crippen MR) is 78.4 cm³/mol. The summed E-state index contributed by atoms with van der Waals surface area (Å²) in [5.74, 6) is -0.440. The summed E-state index contributed by atoms with van der Waals surface area (Å²) >= 11 is 2.01. The Morgan fingerprint density at radius 1 is 1.32 bits per heavy atom. The topological polar surface area (TPSA) is 102 Å². The molecule has 0 radical (unpaired) electrons. The molecule has 1 aromatic heterocycles. The van der Waals surface area contributed by atoms with Gasteiger partial charge in [-0.05, 0) is 47.2 Å². The van der Waals surface area contributed by atoms with Crippen LogP contribution in [-0.2, 0) is 0 Å². The molecule has 96 valence electrons. The van der Waals surface area contributed by atoms with Crippen molar-refractivity contribution in [3.8, 4) is 17.3 Å². The molecular formula is C12H9FIN5. The van der Waals surface area contributed by atoms with E-state index in [1.54, 1.807) is 13.0 Å². The highest BCUT2D eigenvalue weighted by molar-refractivity contribution is 14.1. The van der Waals surface area contributed by atoms with E-state index in [9.17, 15) is 4.39 Å². The number of nitriles is 1. The lowest BCUT2D eigenvalue weighted by Gasteiger charge is -2.09. The van der Waals surface area contributed by atoms with Crippen LogP contribution in [0.2, 0.25) is 0 Å². The van der Waals surface area contributed by atoms with Crippen molar-refractivity contribution in [2.24, 2.45) is 0 Å². The Hall–Kier alpha value is -1.95. The van der Waals surface area contributed by atoms with Gasteiger partial charge in [0.25, 0.3) is 0 Å². The molecule has 0 saturated carbocycles. The van der Waals surface area contributed by atoms with Crippen molar-refractivity contribution in [1.29, 1.82) is 5.26 Å². The number of anilines is 2. The standard InChI is InChI=1S/C12H9FIN5/c1-5-8(13)2-6(3-9(5)14)10-7(4-15)11(16)19-12(17)18-10/h2-3H,1H3,(H4,16,17,18,19). The van der Waals surface area contributed by atoms with Gasteiger partial charge in [0.15, 0.2) is 0 Å². The molecule has 0 aliphatic carbocycles. The zero-order valence-corrected chi connectivity index (χ0v) is 12.1. The molecule has 19 heavy (non-hydrogen) atoms. The van der Waals surface area contributed by atoms with Gasteiger partial charge in [-0.2, -0.15) is 10.2 Å². The van der Waals surface area contributed by atoms with E-state index < -0.39 is 0 Å². The zero-order chi connectivity index (χ0) is 14.2. The molecule has 7 heteroatoms. The molecule has 0 amide bonds. The highest BCUT2D eigenvalue weighted by Crippen LogP contribution is 2.29. The summed E-state index contributed by atoms with van der Waals surface area (Å²) in [6.07, 6.45) is 0. The molecule has 0 saturated heterocycles. The van der Waals surface area contributed by atoms with Crippen molar-refractivity contribution < 1.29 is 4.39 Å². The van der Waals surface area contributed by atoms with Crippen LogP contribution < -0.4 is 11.5 Å². The van der Waals surface area contributed by atoms with Crippen LogP contribution in [0.1, 0.15) is 11.1 Å². The summed E-state index contributed by atoms with van der Waals surface area (Å²) < 4.78 is 14.5. The van der Waals surface area contributed by atoms with Crippen LogP contribution in [-0.4, -0.2) is 9.97 Å². The number of halogens is 2. The number of nitrogens with two attached hydrogens (primary N) is 2. The Kier molecular flexibility index (Phi) is 3.53. The normalized spacial score (nSPS) is 10.2. The Morgan fingerprint density at radius 3 is 2.58 bits per heavy atom. The lowest BCUT2D eigenvalue weighted by Crippen LogP contribution is -2.05. The number of hydrogen-bond acceptors (Lipinski definition) is 5. The smallest absolute Gasteiger partial charge is 0.222 e. The highest BCUT2D eigenvalue weighted by Gasteiger charge is 2.15. The average molecular weight is 369 g/mol. The van der Waals surface area contributed by atoms with Crippen molar-refractivity contribution in [3.63, 3.8) is 0 Å². The fourth-order valence-electron chi connectivity index (χ4n) is 1.60. The monoisotopic (exact) mass is 369 g/mol. The lowest BCUT2D eigenvalue weighted by molar-refractivity contribution is 0.617. The Labute approximate surface area is 122 Å². The maximum atomic E-state index is 13.8. The second kappa shape index (κ2) is 4.97. The second-order valence-corrected chi connectivity index (χ2v) is 5.03. The summed E-state index contributed by atoms with van der Waals surface area (Å²) in [5, 5.41) is 9.10. The number of rotatable bonds is 1. The number of nitrogen functional groups attached to an aromatic ring is 2. The third-order valence-corrected chi connectivity index (χ3v) is 3.74. The lowest BCUT2D eigenvalue weighted by atomic mass is 10.0. The van der Waals surface area contributed by atoms with Crippen LogP contribution in [0, 0.1) is 27.6 Å². The first-order valence-electron chi connectivity index (χ1n) is 5.23. The van der Waals surface area contributed by atoms with Crippen LogP contribution in [0.15, 0.2) is 12.1 Å². The third-order valence-electron chi connectivity index (χ3n) is 2.62. The summed E-state index contributed by atoms with van der Waals surface area (Å²) in [5.41, 5.74) is 12.5. The van der Waals surface area contributed by atoms with Crippen LogP contribution in [0.5, 0.6) is 0 Å². The largest absolute Gasteiger partial charge is 0.382 e. The Morgan fingerprint density at radius 2 is 2.00 bits per heavy atom. The van der Waals surface area contributed by atoms with Crippen LogP contribution >= 0.6 is 22.6 Å². The third kappa shape index (κ3) is 2.44. The van der Waals surface area contributed by atoms with Gasteiger partial charge < -0.3 is 11.5 Å². The maximum Gasteiger partial charge on any atom is 0.222 e. The van der Waals surface area contributed by atoms with Gasteiger partial charge in [-0.25, -0.2) is 9.37 Å². The number of nitrogens with zero attached hydrogens (tertiary/aromatic N) is 3. The predicted octanol–water partition coefficient (Wildman–Crippen LogP) is 2.23. The van der Waals surface area contributed by atoms with Crippen molar-refractivity contribution in [2.75, 3.05) is 11.5 Å². The average Bonchev–Trinajstić information content (AvgIpc) is 2.34. The molecule has 0 aliphatic heterocycles. The molecule has 4 N–H and O–H groups in total. The Balaban J connectivity index is 2.76. The first-order chi connectivity index (χ1) is 8.93. The van der Waals surface area contributed by atoms with Gasteiger partial charge in [-0.3, -0.25) is 0 Å². The molecule has 0 atom stereocenters. The highest BCUT2D eigenvalue weighted by atomic mass is 127. The van der Waals surface area contributed by atoms with Crippen LogP contribution in [0.3, 0.4) is 0 Å². The van der Waals surface area contributed by atoms with E-state index in [4.69, 9.17) is 16.7 Å². The minimum atomic E-state index is -0.374. The van der Waals surface area contributed by atoms with E-state index in [0.29, 0.717) is 11.1 Å². The van der Waals surface area contributed by atoms with Gasteiger partial charge in [-0.15, -0.1) is 0 Å². The fraction of sp³-hybridized carbons (Fsp3) is 0.0833. The first-order valence-corrected chi connectivity index (χ1v) is 6.31. The number of aromatic nitrogens is 2. The van der Waals surface area contributed by atoms with Crippen LogP contribution in [0.4, 0.5) is 16.2 Å². The minimum absolute atomic E-state index is 0.0130. The summed E-state index contributed by atoms with van der Waals surface area (Å²) in [7, 11) is 0. The molecule has 1 heterocycles. The molecule has 5 nitrogen and oxygen atoms in total. The molecule has 1 aromatic carbocycles. The zero-order valence-electron chi connectivity index (χ0n) is 9.91. The van der Waals surface area contributed by atoms with Crippen molar-refractivity contribution in [1.82, 2.24) is 9.97 Å². The molecule has 0 spiro atoms. The second-order valence-electron chi connectivity index (χ2n) is 3.87. The van der Waals surface area contributed by atoms with Gasteiger partial charge in [0.1, 0.15) is 23.3 Å². The molecule has 0 bridgehead atoms. The van der Waals surface area contributed by atoms with E-state index in [-0.39, 0.29) is 28.8 Å². The quantitative estimate of drug-likeness (QED) is 0.751. The van der Waals surface area contributed by atoms with Gasteiger partial charge in [0.05, 0.1) is 5.69 Å². The fourth-order valence-corrected chi connectivity index (χ4v) is 2.19. The van der Waals surface area contributed by atoms with E-state index in [2.05, 4.69) is 9.97 Å². The van der Waals surface area contributed by atoms with E-state index in [1.165, 1.54) is 6.07 Å². The summed E-state index contributed by atoms with van der Waals surface area (Å²) in [6.45, 7) is 1.68. The number of benzene rings is 1. The van der Waals surface area contributed by atoms with E-state index in [0.717, 1.165) is 3.57 Å². The maximum absolute atomic E-state index is 13.8. The van der Waals surface area contributed by atoms with Crippen molar-refractivity contribution in [2.45, 2.75) is 6.92 Å². The first kappa shape index (κ1) is 13.5. The molecular weight excluding hydrogens is 360 g/mol. The number of hydrogen-bond donors (Lipinski definition) is 2. The molecule has 0 aliphatic rings. The van der Waals surface area contributed by atoms with Gasteiger partial charge in [-0.1, -0.05) is 0 Å². The van der Waals surface area contributed by atoms with Crippen LogP contribution in [0.25, 0.3) is 11.3 Å².